The largest absolute Gasteiger partial charge is 0.493 e. The van der Waals surface area contributed by atoms with Crippen LogP contribution >= 0.6 is 0 Å². The number of imidazole rings is 1. The zero-order valence-electron chi connectivity index (χ0n) is 14.0. The number of urea groups is 1. The summed E-state index contributed by atoms with van der Waals surface area (Å²) in [6.45, 7) is 2.55. The first-order valence-electron chi connectivity index (χ1n) is 7.93. The fourth-order valence-corrected chi connectivity index (χ4v) is 2.88. The van der Waals surface area contributed by atoms with Crippen LogP contribution in [0.15, 0.2) is 30.9 Å². The summed E-state index contributed by atoms with van der Waals surface area (Å²) in [5, 5.41) is 2.96. The Labute approximate surface area is 141 Å². The van der Waals surface area contributed by atoms with Gasteiger partial charge in [-0.05, 0) is 29.7 Å². The maximum Gasteiger partial charge on any atom is 0.317 e. The average Bonchev–Trinajstić information content (AvgIpc) is 3.13. The molecular weight excluding hydrogens is 308 g/mol. The van der Waals surface area contributed by atoms with Crippen LogP contribution in [0.1, 0.15) is 11.1 Å². The molecule has 2 aromatic rings. The Morgan fingerprint density at radius 1 is 1.25 bits per heavy atom. The lowest BCUT2D eigenvalue weighted by atomic mass is 9.99. The maximum absolute atomic E-state index is 12.3. The van der Waals surface area contributed by atoms with Gasteiger partial charge in [-0.2, -0.15) is 0 Å². The fourth-order valence-electron chi connectivity index (χ4n) is 2.88. The molecule has 0 unspecified atom stereocenters. The van der Waals surface area contributed by atoms with Gasteiger partial charge in [0.05, 0.1) is 20.5 Å². The fraction of sp³-hybridized carbons (Fsp3) is 0.412. The van der Waals surface area contributed by atoms with Gasteiger partial charge >= 0.3 is 6.03 Å². The molecule has 0 saturated heterocycles. The molecule has 1 aliphatic heterocycles. The van der Waals surface area contributed by atoms with Crippen LogP contribution in [-0.2, 0) is 19.5 Å². The van der Waals surface area contributed by atoms with E-state index in [1.165, 1.54) is 5.56 Å². The molecule has 2 amide bonds. The number of nitrogens with one attached hydrogen (secondary N) is 1. The van der Waals surface area contributed by atoms with Crippen LogP contribution in [0.2, 0.25) is 0 Å². The third-order valence-electron chi connectivity index (χ3n) is 4.21. The highest BCUT2D eigenvalue weighted by Gasteiger charge is 2.22. The van der Waals surface area contributed by atoms with Gasteiger partial charge in [0.15, 0.2) is 11.5 Å². The van der Waals surface area contributed by atoms with Crippen molar-refractivity contribution in [3.63, 3.8) is 0 Å². The van der Waals surface area contributed by atoms with Crippen LogP contribution in [-0.4, -0.2) is 47.8 Å². The summed E-state index contributed by atoms with van der Waals surface area (Å²) in [5.41, 5.74) is 2.30. The summed E-state index contributed by atoms with van der Waals surface area (Å²) in [6.07, 6.45) is 6.15. The number of amides is 2. The van der Waals surface area contributed by atoms with Crippen molar-refractivity contribution in [2.24, 2.45) is 0 Å². The summed E-state index contributed by atoms with van der Waals surface area (Å²) in [6, 6.07) is 3.91. The molecule has 0 saturated carbocycles. The first-order chi connectivity index (χ1) is 11.7. The molecule has 128 valence electrons. The number of hydrogen-bond acceptors (Lipinski definition) is 4. The van der Waals surface area contributed by atoms with Gasteiger partial charge in [0.25, 0.3) is 0 Å². The lowest BCUT2D eigenvalue weighted by Gasteiger charge is -2.29. The molecule has 0 atom stereocenters. The maximum atomic E-state index is 12.3. The Morgan fingerprint density at radius 3 is 2.67 bits per heavy atom. The Balaban J connectivity index is 1.60. The highest BCUT2D eigenvalue weighted by atomic mass is 16.5. The quantitative estimate of drug-likeness (QED) is 0.905. The molecule has 0 bridgehead atoms. The lowest BCUT2D eigenvalue weighted by Crippen LogP contribution is -2.43. The van der Waals surface area contributed by atoms with Gasteiger partial charge in [-0.1, -0.05) is 0 Å². The van der Waals surface area contributed by atoms with Gasteiger partial charge < -0.3 is 24.3 Å². The number of aromatic nitrogens is 2. The molecule has 7 heteroatoms. The summed E-state index contributed by atoms with van der Waals surface area (Å²) in [5.74, 6) is 1.42. The van der Waals surface area contributed by atoms with Crippen molar-refractivity contribution in [1.29, 1.82) is 0 Å². The van der Waals surface area contributed by atoms with Gasteiger partial charge in [-0.25, -0.2) is 9.78 Å². The van der Waals surface area contributed by atoms with Crippen LogP contribution in [0.4, 0.5) is 4.79 Å². The Bertz CT molecular complexity index is 700. The van der Waals surface area contributed by atoms with Crippen molar-refractivity contribution in [3.8, 4) is 11.5 Å². The van der Waals surface area contributed by atoms with E-state index in [4.69, 9.17) is 9.47 Å². The molecule has 0 radical (unpaired) electrons. The number of carbonyl (C=O) groups excluding carboxylic acids is 1. The number of rotatable bonds is 5. The summed E-state index contributed by atoms with van der Waals surface area (Å²) >= 11 is 0. The highest BCUT2D eigenvalue weighted by Crippen LogP contribution is 2.33. The molecular formula is C17H22N4O3. The summed E-state index contributed by atoms with van der Waals surface area (Å²) in [4.78, 5) is 18.2. The molecule has 1 aromatic heterocycles. The topological polar surface area (TPSA) is 68.6 Å². The molecule has 7 nitrogen and oxygen atoms in total. The first kappa shape index (κ1) is 16.2. The van der Waals surface area contributed by atoms with Crippen LogP contribution in [0.25, 0.3) is 0 Å². The molecule has 0 aliphatic carbocycles. The normalized spacial score (nSPS) is 13.3. The third kappa shape index (κ3) is 3.45. The summed E-state index contributed by atoms with van der Waals surface area (Å²) < 4.78 is 12.6. The van der Waals surface area contributed by atoms with Gasteiger partial charge in [-0.15, -0.1) is 0 Å². The first-order valence-corrected chi connectivity index (χ1v) is 7.93. The predicted octanol–water partition coefficient (Wildman–Crippen LogP) is 1.67. The van der Waals surface area contributed by atoms with Crippen molar-refractivity contribution in [1.82, 2.24) is 19.8 Å². The molecule has 1 N–H and O–H groups in total. The van der Waals surface area contributed by atoms with Crippen molar-refractivity contribution in [3.05, 3.63) is 42.0 Å². The van der Waals surface area contributed by atoms with Crippen molar-refractivity contribution in [2.45, 2.75) is 19.5 Å². The summed E-state index contributed by atoms with van der Waals surface area (Å²) in [7, 11) is 3.25. The molecule has 1 aliphatic rings. The minimum Gasteiger partial charge on any atom is -0.493 e. The van der Waals surface area contributed by atoms with Gasteiger partial charge in [0.2, 0.25) is 0 Å². The van der Waals surface area contributed by atoms with Gasteiger partial charge in [-0.3, -0.25) is 0 Å². The lowest BCUT2D eigenvalue weighted by molar-refractivity contribution is 0.192. The van der Waals surface area contributed by atoms with Gasteiger partial charge in [0.1, 0.15) is 0 Å². The van der Waals surface area contributed by atoms with Crippen LogP contribution < -0.4 is 14.8 Å². The van der Waals surface area contributed by atoms with Crippen LogP contribution in [0, 0.1) is 0 Å². The number of methoxy groups -OCH3 is 2. The van der Waals surface area contributed by atoms with Crippen LogP contribution in [0.3, 0.4) is 0 Å². The second kappa shape index (κ2) is 7.25. The number of fused-ring (bicyclic) bond motifs is 1. The monoisotopic (exact) mass is 330 g/mol. The van der Waals surface area contributed by atoms with Crippen molar-refractivity contribution in [2.75, 3.05) is 27.3 Å². The zero-order valence-corrected chi connectivity index (χ0v) is 14.0. The number of carbonyl (C=O) groups is 1. The van der Waals surface area contributed by atoms with E-state index in [0.29, 0.717) is 31.9 Å². The average molecular weight is 330 g/mol. The highest BCUT2D eigenvalue weighted by molar-refractivity contribution is 5.74. The number of nitrogens with zero attached hydrogens (tertiary/aromatic N) is 3. The smallest absolute Gasteiger partial charge is 0.317 e. The molecule has 3 rings (SSSR count). The minimum absolute atomic E-state index is 0.0458. The van der Waals surface area contributed by atoms with E-state index in [1.807, 2.05) is 27.8 Å². The zero-order chi connectivity index (χ0) is 16.9. The Hall–Kier alpha value is -2.70. The molecule has 1 aromatic carbocycles. The molecule has 0 fully saturated rings. The van der Waals surface area contributed by atoms with Crippen LogP contribution in [0.5, 0.6) is 11.5 Å². The van der Waals surface area contributed by atoms with Crippen molar-refractivity contribution < 1.29 is 14.3 Å². The number of hydrogen-bond donors (Lipinski definition) is 1. The van der Waals surface area contributed by atoms with Crippen molar-refractivity contribution >= 4 is 6.03 Å². The molecule has 2 heterocycles. The number of benzene rings is 1. The standard InChI is InChI=1S/C17H22N4O3/c1-23-15-9-13-3-6-21(11-14(13)10-16(15)24-2)17(22)19-5-8-20-7-4-18-12-20/h4,7,9-10,12H,3,5-6,8,11H2,1-2H3,(H,19,22). The molecule has 0 spiro atoms. The molecule has 24 heavy (non-hydrogen) atoms. The second-order valence-corrected chi connectivity index (χ2v) is 5.68. The minimum atomic E-state index is -0.0458. The van der Waals surface area contributed by atoms with Gasteiger partial charge in [0, 0.05) is 38.6 Å². The van der Waals surface area contributed by atoms with E-state index < -0.39 is 0 Å². The van der Waals surface area contributed by atoms with E-state index in [2.05, 4.69) is 10.3 Å². The predicted molar refractivity (Wildman–Crippen MR) is 89.3 cm³/mol. The van der Waals surface area contributed by atoms with E-state index in [-0.39, 0.29) is 6.03 Å². The number of ether oxygens (including phenoxy) is 2. The van der Waals surface area contributed by atoms with E-state index >= 15 is 0 Å². The SMILES string of the molecule is COc1cc2c(cc1OC)CN(C(=O)NCCn1ccnc1)CC2. The Morgan fingerprint density at radius 2 is 2.00 bits per heavy atom. The van der Waals surface area contributed by atoms with E-state index in [0.717, 1.165) is 17.7 Å². The van der Waals surface area contributed by atoms with E-state index in [1.54, 1.807) is 26.7 Å². The second-order valence-electron chi connectivity index (χ2n) is 5.68. The third-order valence-corrected chi connectivity index (χ3v) is 4.21. The van der Waals surface area contributed by atoms with E-state index in [9.17, 15) is 4.79 Å². The Kier molecular flexibility index (Phi) is 4.88.